The van der Waals surface area contributed by atoms with Gasteiger partial charge in [-0.15, -0.1) is 11.3 Å². The van der Waals surface area contributed by atoms with E-state index in [4.69, 9.17) is 9.73 Å². The van der Waals surface area contributed by atoms with E-state index in [9.17, 15) is 4.79 Å². The summed E-state index contributed by atoms with van der Waals surface area (Å²) in [5.41, 5.74) is 0.571. The Morgan fingerprint density at radius 3 is 2.73 bits per heavy atom. The minimum absolute atomic E-state index is 0.0705. The molecular formula is C18H31N5O2S. The second-order valence-electron chi connectivity index (χ2n) is 7.49. The van der Waals surface area contributed by atoms with Crippen LogP contribution in [0.25, 0.3) is 0 Å². The molecule has 2 N–H and O–H groups in total. The van der Waals surface area contributed by atoms with Crippen LogP contribution in [0, 0.1) is 13.8 Å². The molecule has 0 bridgehead atoms. The average Bonchev–Trinajstić information content (AvgIpc) is 3.08. The van der Waals surface area contributed by atoms with Gasteiger partial charge < -0.3 is 20.3 Å². The summed E-state index contributed by atoms with van der Waals surface area (Å²) in [6.07, 6.45) is 0.518. The number of hydrogen-bond acceptors (Lipinski definition) is 5. The van der Waals surface area contributed by atoms with Crippen molar-refractivity contribution in [3.63, 3.8) is 0 Å². The average molecular weight is 382 g/mol. The second kappa shape index (κ2) is 8.70. The molecule has 1 fully saturated rings. The molecule has 0 aromatic carbocycles. The Kier molecular flexibility index (Phi) is 6.86. The standard InChI is InChI=1S/C18H31N5O2S/c1-7-19-16(20-10-15-12(2)21-13(3)26-15)23-9-8-14(11-23)22-17(24)25-18(4,5)6/h14H,7-11H2,1-6H3,(H,19,20)(H,22,24). The maximum absolute atomic E-state index is 12.0. The smallest absolute Gasteiger partial charge is 0.407 e. The number of hydrogen-bond donors (Lipinski definition) is 2. The van der Waals surface area contributed by atoms with E-state index in [1.807, 2.05) is 34.6 Å². The molecule has 0 saturated carbocycles. The lowest BCUT2D eigenvalue weighted by atomic mass is 10.2. The third-order valence-corrected chi connectivity index (χ3v) is 4.97. The van der Waals surface area contributed by atoms with Crippen molar-refractivity contribution in [3.05, 3.63) is 15.6 Å². The quantitative estimate of drug-likeness (QED) is 0.619. The van der Waals surface area contributed by atoms with Gasteiger partial charge in [-0.3, -0.25) is 0 Å². The highest BCUT2D eigenvalue weighted by molar-refractivity contribution is 7.11. The molecular weight excluding hydrogens is 350 g/mol. The molecule has 1 atom stereocenters. The molecule has 1 amide bonds. The van der Waals surface area contributed by atoms with Crippen molar-refractivity contribution in [2.45, 2.75) is 66.2 Å². The molecule has 1 aliphatic heterocycles. The highest BCUT2D eigenvalue weighted by Gasteiger charge is 2.27. The summed E-state index contributed by atoms with van der Waals surface area (Å²) >= 11 is 1.69. The Morgan fingerprint density at radius 1 is 1.42 bits per heavy atom. The van der Waals surface area contributed by atoms with Gasteiger partial charge in [-0.1, -0.05) is 0 Å². The summed E-state index contributed by atoms with van der Waals surface area (Å²) in [5, 5.41) is 7.37. The van der Waals surface area contributed by atoms with Crippen LogP contribution < -0.4 is 10.6 Å². The number of aromatic nitrogens is 1. The summed E-state index contributed by atoms with van der Waals surface area (Å²) in [7, 11) is 0. The van der Waals surface area contributed by atoms with Gasteiger partial charge in [0.2, 0.25) is 0 Å². The number of aryl methyl sites for hydroxylation is 2. The van der Waals surface area contributed by atoms with Crippen LogP contribution in [0.5, 0.6) is 0 Å². The number of alkyl carbamates (subject to hydrolysis) is 1. The Labute approximate surface area is 160 Å². The summed E-state index contributed by atoms with van der Waals surface area (Å²) in [5.74, 6) is 0.881. The van der Waals surface area contributed by atoms with E-state index in [1.54, 1.807) is 11.3 Å². The first-order valence-electron chi connectivity index (χ1n) is 9.13. The molecule has 0 aliphatic carbocycles. The lowest BCUT2D eigenvalue weighted by Crippen LogP contribution is -2.44. The predicted octanol–water partition coefficient (Wildman–Crippen LogP) is 2.82. The lowest BCUT2D eigenvalue weighted by Gasteiger charge is -2.23. The number of aliphatic imine (C=N–C) groups is 1. The van der Waals surface area contributed by atoms with Gasteiger partial charge >= 0.3 is 6.09 Å². The second-order valence-corrected chi connectivity index (χ2v) is 8.78. The number of ether oxygens (including phenoxy) is 1. The fourth-order valence-corrected chi connectivity index (χ4v) is 3.70. The van der Waals surface area contributed by atoms with Crippen molar-refractivity contribution in [2.24, 2.45) is 4.99 Å². The van der Waals surface area contributed by atoms with Crippen LogP contribution in [0.4, 0.5) is 4.79 Å². The lowest BCUT2D eigenvalue weighted by molar-refractivity contribution is 0.0507. The minimum Gasteiger partial charge on any atom is -0.444 e. The van der Waals surface area contributed by atoms with E-state index in [2.05, 4.69) is 27.4 Å². The Morgan fingerprint density at radius 2 is 2.15 bits per heavy atom. The van der Waals surface area contributed by atoms with Gasteiger partial charge in [-0.2, -0.15) is 0 Å². The monoisotopic (exact) mass is 381 g/mol. The number of nitrogens with zero attached hydrogens (tertiary/aromatic N) is 3. The highest BCUT2D eigenvalue weighted by Crippen LogP contribution is 2.18. The maximum atomic E-state index is 12.0. The molecule has 1 aromatic rings. The molecule has 1 saturated heterocycles. The fourth-order valence-electron chi connectivity index (χ4n) is 2.84. The first-order chi connectivity index (χ1) is 12.2. The van der Waals surface area contributed by atoms with Gasteiger partial charge in [0, 0.05) is 24.5 Å². The maximum Gasteiger partial charge on any atom is 0.407 e. The van der Waals surface area contributed by atoms with E-state index in [0.29, 0.717) is 6.54 Å². The van der Waals surface area contributed by atoms with Crippen molar-refractivity contribution in [2.75, 3.05) is 19.6 Å². The topological polar surface area (TPSA) is 78.9 Å². The van der Waals surface area contributed by atoms with Crippen LogP contribution in [0.15, 0.2) is 4.99 Å². The fraction of sp³-hybridized carbons (Fsp3) is 0.722. The van der Waals surface area contributed by atoms with Gasteiger partial charge in [0.25, 0.3) is 0 Å². The van der Waals surface area contributed by atoms with Crippen molar-refractivity contribution in [1.82, 2.24) is 20.5 Å². The van der Waals surface area contributed by atoms with E-state index >= 15 is 0 Å². The van der Waals surface area contributed by atoms with E-state index in [1.165, 1.54) is 4.88 Å². The number of rotatable bonds is 4. The van der Waals surface area contributed by atoms with Crippen LogP contribution >= 0.6 is 11.3 Å². The van der Waals surface area contributed by atoms with Crippen LogP contribution in [0.1, 0.15) is 49.7 Å². The highest BCUT2D eigenvalue weighted by atomic mass is 32.1. The van der Waals surface area contributed by atoms with Gasteiger partial charge in [0.15, 0.2) is 5.96 Å². The molecule has 7 nitrogen and oxygen atoms in total. The summed E-state index contributed by atoms with van der Waals surface area (Å²) in [6, 6.07) is 0.0705. The molecule has 2 heterocycles. The normalized spacial score (nSPS) is 18.2. The van der Waals surface area contributed by atoms with Crippen LogP contribution in [-0.2, 0) is 11.3 Å². The molecule has 8 heteroatoms. The first-order valence-corrected chi connectivity index (χ1v) is 9.95. The predicted molar refractivity (Wildman–Crippen MR) is 106 cm³/mol. The van der Waals surface area contributed by atoms with Crippen LogP contribution in [0.2, 0.25) is 0 Å². The van der Waals surface area contributed by atoms with E-state index in [-0.39, 0.29) is 12.1 Å². The number of guanidine groups is 1. The molecule has 1 aromatic heterocycles. The summed E-state index contributed by atoms with van der Waals surface area (Å²) in [6.45, 7) is 14.7. The zero-order valence-corrected chi connectivity index (χ0v) is 17.5. The molecule has 1 aliphatic rings. The Hall–Kier alpha value is -1.83. The molecule has 146 valence electrons. The summed E-state index contributed by atoms with van der Waals surface area (Å²) in [4.78, 5) is 24.6. The number of thiazole rings is 1. The zero-order valence-electron chi connectivity index (χ0n) is 16.7. The Balaban J connectivity index is 1.95. The van der Waals surface area contributed by atoms with Gasteiger partial charge in [0.1, 0.15) is 5.60 Å². The third kappa shape index (κ3) is 6.16. The van der Waals surface area contributed by atoms with Crippen molar-refractivity contribution in [1.29, 1.82) is 0 Å². The van der Waals surface area contributed by atoms with Crippen LogP contribution in [-0.4, -0.2) is 53.2 Å². The van der Waals surface area contributed by atoms with Gasteiger partial charge in [0.05, 0.1) is 23.3 Å². The van der Waals surface area contributed by atoms with Gasteiger partial charge in [-0.05, 0) is 48.0 Å². The first kappa shape index (κ1) is 20.5. The molecule has 0 radical (unpaired) electrons. The molecule has 26 heavy (non-hydrogen) atoms. The molecule has 0 spiro atoms. The Bertz CT molecular complexity index is 650. The van der Waals surface area contributed by atoms with Gasteiger partial charge in [-0.25, -0.2) is 14.8 Å². The number of carbonyl (C=O) groups is 1. The molecule has 1 unspecified atom stereocenters. The van der Waals surface area contributed by atoms with Crippen molar-refractivity contribution < 1.29 is 9.53 Å². The van der Waals surface area contributed by atoms with Crippen LogP contribution in [0.3, 0.4) is 0 Å². The van der Waals surface area contributed by atoms with E-state index in [0.717, 1.165) is 42.7 Å². The SMILES string of the molecule is CCNC(=NCc1sc(C)nc1C)N1CCC(NC(=O)OC(C)(C)C)C1. The largest absolute Gasteiger partial charge is 0.444 e. The number of likely N-dealkylation sites (tertiary alicyclic amines) is 1. The summed E-state index contributed by atoms with van der Waals surface area (Å²) < 4.78 is 5.34. The number of nitrogens with one attached hydrogen (secondary N) is 2. The van der Waals surface area contributed by atoms with Crippen molar-refractivity contribution >= 4 is 23.4 Å². The molecule has 2 rings (SSSR count). The number of carbonyl (C=O) groups excluding carboxylic acids is 1. The number of amides is 1. The van der Waals surface area contributed by atoms with E-state index < -0.39 is 5.60 Å². The zero-order chi connectivity index (χ0) is 19.3. The minimum atomic E-state index is -0.483. The van der Waals surface area contributed by atoms with Crippen molar-refractivity contribution in [3.8, 4) is 0 Å². The third-order valence-electron chi connectivity index (χ3n) is 3.92.